The summed E-state index contributed by atoms with van der Waals surface area (Å²) >= 11 is 0. The molecule has 2 atom stereocenters. The van der Waals surface area contributed by atoms with Crippen molar-refractivity contribution in [3.63, 3.8) is 0 Å². The highest BCUT2D eigenvalue weighted by Gasteiger charge is 2.39. The Balaban J connectivity index is 1.65. The molecule has 21 heavy (non-hydrogen) atoms. The van der Waals surface area contributed by atoms with Crippen molar-refractivity contribution >= 4 is 0 Å². The molecule has 2 aliphatic heterocycles. The van der Waals surface area contributed by atoms with Gasteiger partial charge in [0.2, 0.25) is 0 Å². The van der Waals surface area contributed by atoms with Crippen LogP contribution >= 0.6 is 0 Å². The Morgan fingerprint density at radius 1 is 1.00 bits per heavy atom. The molecule has 4 rings (SSSR count). The fraction of sp³-hybridized carbons (Fsp3) is 0.647. The van der Waals surface area contributed by atoms with E-state index in [-0.39, 0.29) is 6.04 Å². The predicted octanol–water partition coefficient (Wildman–Crippen LogP) is 2.47. The first-order valence-electron chi connectivity index (χ1n) is 8.24. The maximum atomic E-state index is 6.46. The average molecular weight is 288 g/mol. The molecule has 1 saturated carbocycles. The summed E-state index contributed by atoms with van der Waals surface area (Å²) in [5.41, 5.74) is 7.75. The van der Waals surface area contributed by atoms with Crippen LogP contribution in [0.15, 0.2) is 18.2 Å². The van der Waals surface area contributed by atoms with Gasteiger partial charge in [0, 0.05) is 18.5 Å². The number of piperidine rings is 1. The summed E-state index contributed by atoms with van der Waals surface area (Å²) in [5.74, 6) is 1.76. The van der Waals surface area contributed by atoms with Gasteiger partial charge in [0.05, 0.1) is 19.3 Å². The minimum Gasteiger partial charge on any atom is -0.490 e. The molecule has 1 aliphatic carbocycles. The minimum absolute atomic E-state index is 0.226. The van der Waals surface area contributed by atoms with Crippen LogP contribution in [0.2, 0.25) is 0 Å². The van der Waals surface area contributed by atoms with E-state index in [1.54, 1.807) is 0 Å². The van der Waals surface area contributed by atoms with Crippen LogP contribution in [0.3, 0.4) is 0 Å². The molecule has 2 fully saturated rings. The van der Waals surface area contributed by atoms with E-state index in [0.29, 0.717) is 6.04 Å². The van der Waals surface area contributed by atoms with Gasteiger partial charge in [0.15, 0.2) is 11.5 Å². The van der Waals surface area contributed by atoms with Crippen molar-refractivity contribution in [3.8, 4) is 11.5 Å². The fourth-order valence-corrected chi connectivity index (χ4v) is 3.67. The van der Waals surface area contributed by atoms with E-state index in [4.69, 9.17) is 15.2 Å². The van der Waals surface area contributed by atoms with Gasteiger partial charge in [-0.1, -0.05) is 6.07 Å². The quantitative estimate of drug-likeness (QED) is 0.908. The summed E-state index contributed by atoms with van der Waals surface area (Å²) in [4.78, 5) is 2.62. The Hall–Kier alpha value is -1.26. The van der Waals surface area contributed by atoms with E-state index in [0.717, 1.165) is 43.6 Å². The van der Waals surface area contributed by atoms with Crippen LogP contribution in [-0.2, 0) is 0 Å². The molecule has 2 N–H and O–H groups in total. The lowest BCUT2D eigenvalue weighted by molar-refractivity contribution is 0.119. The SMILES string of the molecule is NC1CCCN(C2CC2)C1c1ccc2c(c1)OCCCO2. The Morgan fingerprint density at radius 2 is 1.81 bits per heavy atom. The van der Waals surface area contributed by atoms with Gasteiger partial charge in [-0.05, 0) is 49.9 Å². The van der Waals surface area contributed by atoms with E-state index in [2.05, 4.69) is 23.1 Å². The zero-order valence-corrected chi connectivity index (χ0v) is 12.5. The molecule has 0 spiro atoms. The molecule has 114 valence electrons. The number of rotatable bonds is 2. The number of hydrogen-bond acceptors (Lipinski definition) is 4. The predicted molar refractivity (Wildman–Crippen MR) is 81.7 cm³/mol. The van der Waals surface area contributed by atoms with E-state index in [9.17, 15) is 0 Å². The van der Waals surface area contributed by atoms with Gasteiger partial charge in [-0.25, -0.2) is 0 Å². The molecule has 3 aliphatic rings. The van der Waals surface area contributed by atoms with Crippen molar-refractivity contribution in [2.45, 2.75) is 50.2 Å². The van der Waals surface area contributed by atoms with Gasteiger partial charge >= 0.3 is 0 Å². The highest BCUT2D eigenvalue weighted by molar-refractivity contribution is 5.44. The largest absolute Gasteiger partial charge is 0.490 e. The minimum atomic E-state index is 0.226. The third kappa shape index (κ3) is 2.62. The van der Waals surface area contributed by atoms with Gasteiger partial charge in [0.1, 0.15) is 0 Å². The van der Waals surface area contributed by atoms with Crippen LogP contribution in [0, 0.1) is 0 Å². The van der Waals surface area contributed by atoms with Crippen molar-refractivity contribution in [3.05, 3.63) is 23.8 Å². The zero-order valence-electron chi connectivity index (χ0n) is 12.5. The van der Waals surface area contributed by atoms with E-state index in [1.807, 2.05) is 0 Å². The van der Waals surface area contributed by atoms with Crippen molar-refractivity contribution < 1.29 is 9.47 Å². The number of nitrogens with zero attached hydrogens (tertiary/aromatic N) is 1. The molecule has 0 radical (unpaired) electrons. The third-order valence-corrected chi connectivity index (χ3v) is 4.85. The molecule has 4 heteroatoms. The Labute approximate surface area is 126 Å². The molecule has 0 amide bonds. The van der Waals surface area contributed by atoms with Gasteiger partial charge in [-0.2, -0.15) is 0 Å². The lowest BCUT2D eigenvalue weighted by Gasteiger charge is -2.40. The van der Waals surface area contributed by atoms with Gasteiger partial charge in [0.25, 0.3) is 0 Å². The van der Waals surface area contributed by atoms with Gasteiger partial charge < -0.3 is 15.2 Å². The molecule has 4 nitrogen and oxygen atoms in total. The van der Waals surface area contributed by atoms with Crippen LogP contribution in [-0.4, -0.2) is 36.7 Å². The Bertz CT molecular complexity index is 516. The van der Waals surface area contributed by atoms with Crippen molar-refractivity contribution in [2.24, 2.45) is 5.73 Å². The van der Waals surface area contributed by atoms with Gasteiger partial charge in [-0.3, -0.25) is 4.90 Å². The van der Waals surface area contributed by atoms with E-state index in [1.165, 1.54) is 31.4 Å². The molecular weight excluding hydrogens is 264 g/mol. The number of likely N-dealkylation sites (tertiary alicyclic amines) is 1. The topological polar surface area (TPSA) is 47.7 Å². The van der Waals surface area contributed by atoms with Crippen LogP contribution in [0.1, 0.15) is 43.7 Å². The van der Waals surface area contributed by atoms with Crippen molar-refractivity contribution in [1.82, 2.24) is 4.90 Å². The summed E-state index contributed by atoms with van der Waals surface area (Å²) in [5, 5.41) is 0. The normalized spacial score (nSPS) is 30.0. The monoisotopic (exact) mass is 288 g/mol. The highest BCUT2D eigenvalue weighted by Crippen LogP contribution is 2.41. The van der Waals surface area contributed by atoms with Crippen LogP contribution in [0.25, 0.3) is 0 Å². The second-order valence-electron chi connectivity index (χ2n) is 6.48. The Morgan fingerprint density at radius 3 is 2.62 bits per heavy atom. The fourth-order valence-electron chi connectivity index (χ4n) is 3.67. The van der Waals surface area contributed by atoms with Crippen molar-refractivity contribution in [2.75, 3.05) is 19.8 Å². The van der Waals surface area contributed by atoms with Crippen LogP contribution in [0.5, 0.6) is 11.5 Å². The smallest absolute Gasteiger partial charge is 0.161 e. The molecule has 1 aromatic rings. The first-order chi connectivity index (χ1) is 10.3. The lowest BCUT2D eigenvalue weighted by Crippen LogP contribution is -2.46. The number of nitrogens with two attached hydrogens (primary N) is 1. The molecule has 2 unspecified atom stereocenters. The maximum absolute atomic E-state index is 6.46. The first-order valence-corrected chi connectivity index (χ1v) is 8.24. The van der Waals surface area contributed by atoms with E-state index >= 15 is 0 Å². The summed E-state index contributed by atoms with van der Waals surface area (Å²) in [6.45, 7) is 2.65. The number of fused-ring (bicyclic) bond motifs is 1. The summed E-state index contributed by atoms with van der Waals surface area (Å²) in [6, 6.07) is 7.71. The number of hydrogen-bond donors (Lipinski definition) is 1. The molecule has 0 bridgehead atoms. The summed E-state index contributed by atoms with van der Waals surface area (Å²) in [6.07, 6.45) is 5.93. The lowest BCUT2D eigenvalue weighted by atomic mass is 9.90. The number of ether oxygens (including phenoxy) is 2. The molecular formula is C17H24N2O2. The molecule has 1 aromatic carbocycles. The average Bonchev–Trinajstić information content (AvgIpc) is 3.33. The summed E-state index contributed by atoms with van der Waals surface area (Å²) in [7, 11) is 0. The van der Waals surface area contributed by atoms with Gasteiger partial charge in [-0.15, -0.1) is 0 Å². The molecule has 0 aromatic heterocycles. The second kappa shape index (κ2) is 5.50. The maximum Gasteiger partial charge on any atom is 0.161 e. The Kier molecular flexibility index (Phi) is 3.51. The first kappa shape index (κ1) is 13.4. The van der Waals surface area contributed by atoms with E-state index < -0.39 is 0 Å². The zero-order chi connectivity index (χ0) is 14.2. The standard InChI is InChI=1S/C17H24N2O2/c18-14-3-1-8-19(13-5-6-13)17(14)12-4-7-15-16(11-12)21-10-2-9-20-15/h4,7,11,13-14,17H,1-3,5-6,8-10,18H2. The third-order valence-electron chi connectivity index (χ3n) is 4.85. The highest BCUT2D eigenvalue weighted by atomic mass is 16.5. The van der Waals surface area contributed by atoms with Crippen molar-refractivity contribution in [1.29, 1.82) is 0 Å². The van der Waals surface area contributed by atoms with Crippen LogP contribution < -0.4 is 15.2 Å². The molecule has 2 heterocycles. The summed E-state index contributed by atoms with van der Waals surface area (Å²) < 4.78 is 11.6. The number of benzene rings is 1. The molecule has 1 saturated heterocycles. The second-order valence-corrected chi connectivity index (χ2v) is 6.48. The van der Waals surface area contributed by atoms with Crippen LogP contribution in [0.4, 0.5) is 0 Å².